The minimum absolute atomic E-state index is 0.201. The Morgan fingerprint density at radius 3 is 2.94 bits per heavy atom. The summed E-state index contributed by atoms with van der Waals surface area (Å²) in [4.78, 5) is 24.8. The van der Waals surface area contributed by atoms with Gasteiger partial charge in [0.25, 0.3) is 5.91 Å². The number of aryl methyl sites for hydroxylation is 1. The van der Waals surface area contributed by atoms with Crippen molar-refractivity contribution < 1.29 is 14.1 Å². The van der Waals surface area contributed by atoms with Gasteiger partial charge >= 0.3 is 0 Å². The Hall–Kier alpha value is -1.85. The lowest BCUT2D eigenvalue weighted by molar-refractivity contribution is -0.123. The third-order valence-electron chi connectivity index (χ3n) is 2.96. The molecule has 92 valence electrons. The van der Waals surface area contributed by atoms with Gasteiger partial charge in [0.2, 0.25) is 5.91 Å². The quantitative estimate of drug-likeness (QED) is 0.802. The smallest absolute Gasteiger partial charge is 0.276 e. The summed E-state index contributed by atoms with van der Waals surface area (Å²) in [5, 5.41) is 3.68. The molecule has 2 N–H and O–H groups in total. The normalized spacial score (nSPS) is 20.3. The van der Waals surface area contributed by atoms with Crippen LogP contribution in [0.2, 0.25) is 0 Å². The molecule has 0 bridgehead atoms. The molecule has 2 heterocycles. The van der Waals surface area contributed by atoms with Gasteiger partial charge in [-0.05, 0) is 19.8 Å². The Kier molecular flexibility index (Phi) is 3.12. The van der Waals surface area contributed by atoms with Crippen LogP contribution in [0.1, 0.15) is 29.1 Å². The van der Waals surface area contributed by atoms with Crippen LogP contribution in [0.25, 0.3) is 0 Å². The summed E-state index contributed by atoms with van der Waals surface area (Å²) < 4.78 is 4.86. The Labute approximate surface area is 98.7 Å². The van der Waals surface area contributed by atoms with Crippen LogP contribution in [0.5, 0.6) is 0 Å². The van der Waals surface area contributed by atoms with Crippen LogP contribution in [0.15, 0.2) is 10.6 Å². The molecule has 2 amide bonds. The van der Waals surface area contributed by atoms with Gasteiger partial charge in [-0.2, -0.15) is 0 Å². The maximum atomic E-state index is 12.0. The molecule has 1 aliphatic rings. The molecule has 1 saturated heterocycles. The van der Waals surface area contributed by atoms with E-state index in [9.17, 15) is 9.59 Å². The highest BCUT2D eigenvalue weighted by Crippen LogP contribution is 2.18. The van der Waals surface area contributed by atoms with E-state index < -0.39 is 0 Å². The third-order valence-corrected chi connectivity index (χ3v) is 2.96. The topological polar surface area (TPSA) is 89.4 Å². The number of nitrogens with two attached hydrogens (primary N) is 1. The van der Waals surface area contributed by atoms with Gasteiger partial charge in [-0.25, -0.2) is 0 Å². The molecule has 0 aromatic carbocycles. The van der Waals surface area contributed by atoms with Gasteiger partial charge < -0.3 is 15.2 Å². The molecule has 1 aromatic heterocycles. The van der Waals surface area contributed by atoms with Crippen LogP contribution < -0.4 is 5.73 Å². The lowest BCUT2D eigenvalue weighted by Crippen LogP contribution is -2.44. The number of nitrogens with zero attached hydrogens (tertiary/aromatic N) is 2. The van der Waals surface area contributed by atoms with Crippen LogP contribution in [0.3, 0.4) is 0 Å². The van der Waals surface area contributed by atoms with E-state index in [-0.39, 0.29) is 23.4 Å². The monoisotopic (exact) mass is 237 g/mol. The molecule has 6 nitrogen and oxygen atoms in total. The first-order chi connectivity index (χ1) is 8.08. The van der Waals surface area contributed by atoms with Crippen molar-refractivity contribution in [3.8, 4) is 0 Å². The molecule has 1 aliphatic heterocycles. The second-order valence-corrected chi connectivity index (χ2v) is 4.32. The zero-order valence-electron chi connectivity index (χ0n) is 9.68. The average Bonchev–Trinajstić information content (AvgIpc) is 2.75. The van der Waals surface area contributed by atoms with Gasteiger partial charge in [0.15, 0.2) is 5.69 Å². The van der Waals surface area contributed by atoms with E-state index in [4.69, 9.17) is 10.3 Å². The standard InChI is InChI=1S/C11H15N3O3/c1-7-5-9(13-17-7)11(16)14-4-2-3-8(6-14)10(12)15/h5,8H,2-4,6H2,1H3,(H2,12,15). The maximum absolute atomic E-state index is 12.0. The van der Waals surface area contributed by atoms with E-state index in [0.717, 1.165) is 12.8 Å². The molecule has 2 rings (SSSR count). The van der Waals surface area contributed by atoms with Gasteiger partial charge in [-0.1, -0.05) is 5.16 Å². The van der Waals surface area contributed by atoms with Crippen molar-refractivity contribution in [2.45, 2.75) is 19.8 Å². The Bertz CT molecular complexity index is 441. The maximum Gasteiger partial charge on any atom is 0.276 e. The van der Waals surface area contributed by atoms with E-state index in [0.29, 0.717) is 18.8 Å². The Balaban J connectivity index is 2.07. The third kappa shape index (κ3) is 2.46. The number of primary amides is 1. The molecule has 1 aromatic rings. The second kappa shape index (κ2) is 4.57. The first-order valence-corrected chi connectivity index (χ1v) is 5.60. The first-order valence-electron chi connectivity index (χ1n) is 5.60. The van der Waals surface area contributed by atoms with Crippen molar-refractivity contribution in [1.29, 1.82) is 0 Å². The molecule has 0 saturated carbocycles. The number of hydrogen-bond acceptors (Lipinski definition) is 4. The Morgan fingerprint density at radius 2 is 2.35 bits per heavy atom. The number of carbonyl (C=O) groups is 2. The first kappa shape index (κ1) is 11.6. The zero-order chi connectivity index (χ0) is 12.4. The van der Waals surface area contributed by atoms with E-state index in [1.54, 1.807) is 17.9 Å². The van der Waals surface area contributed by atoms with Crippen LogP contribution in [0.4, 0.5) is 0 Å². The number of carbonyl (C=O) groups excluding carboxylic acids is 2. The summed E-state index contributed by atoms with van der Waals surface area (Å²) in [6.07, 6.45) is 1.53. The Morgan fingerprint density at radius 1 is 1.59 bits per heavy atom. The predicted molar refractivity (Wildman–Crippen MR) is 59.1 cm³/mol. The largest absolute Gasteiger partial charge is 0.369 e. The summed E-state index contributed by atoms with van der Waals surface area (Å²) in [7, 11) is 0. The van der Waals surface area contributed by atoms with Gasteiger partial charge in [0, 0.05) is 19.2 Å². The van der Waals surface area contributed by atoms with Crippen molar-refractivity contribution in [2.24, 2.45) is 11.7 Å². The highest BCUT2D eigenvalue weighted by molar-refractivity contribution is 5.92. The predicted octanol–water partition coefficient (Wildman–Crippen LogP) is 0.321. The summed E-state index contributed by atoms with van der Waals surface area (Å²) in [5.74, 6) is -0.204. The summed E-state index contributed by atoms with van der Waals surface area (Å²) >= 11 is 0. The van der Waals surface area contributed by atoms with Gasteiger partial charge in [-0.15, -0.1) is 0 Å². The molecule has 1 atom stereocenters. The molecule has 1 fully saturated rings. The van der Waals surface area contributed by atoms with Crippen molar-refractivity contribution in [2.75, 3.05) is 13.1 Å². The van der Waals surface area contributed by atoms with Crippen molar-refractivity contribution in [3.05, 3.63) is 17.5 Å². The highest BCUT2D eigenvalue weighted by Gasteiger charge is 2.28. The lowest BCUT2D eigenvalue weighted by Gasteiger charge is -2.30. The minimum atomic E-state index is -0.348. The number of hydrogen-bond donors (Lipinski definition) is 1. The van der Waals surface area contributed by atoms with Crippen LogP contribution >= 0.6 is 0 Å². The number of aromatic nitrogens is 1. The average molecular weight is 237 g/mol. The summed E-state index contributed by atoms with van der Waals surface area (Å²) in [6, 6.07) is 1.59. The fraction of sp³-hybridized carbons (Fsp3) is 0.545. The minimum Gasteiger partial charge on any atom is -0.369 e. The van der Waals surface area contributed by atoms with E-state index in [1.807, 2.05) is 0 Å². The van der Waals surface area contributed by atoms with Crippen LogP contribution in [0, 0.1) is 12.8 Å². The van der Waals surface area contributed by atoms with Crippen molar-refractivity contribution in [1.82, 2.24) is 10.1 Å². The lowest BCUT2D eigenvalue weighted by atomic mass is 9.97. The molecule has 0 radical (unpaired) electrons. The van der Waals surface area contributed by atoms with E-state index in [2.05, 4.69) is 5.16 Å². The molecule has 0 spiro atoms. The fourth-order valence-corrected chi connectivity index (χ4v) is 2.02. The molecule has 0 aliphatic carbocycles. The van der Waals surface area contributed by atoms with Crippen LogP contribution in [-0.2, 0) is 4.79 Å². The summed E-state index contributed by atoms with van der Waals surface area (Å²) in [6.45, 7) is 2.74. The number of amides is 2. The number of likely N-dealkylation sites (tertiary alicyclic amines) is 1. The zero-order valence-corrected chi connectivity index (χ0v) is 9.68. The van der Waals surface area contributed by atoms with E-state index in [1.165, 1.54) is 0 Å². The van der Waals surface area contributed by atoms with Gasteiger partial charge in [0.1, 0.15) is 5.76 Å². The van der Waals surface area contributed by atoms with Crippen LogP contribution in [-0.4, -0.2) is 35.0 Å². The van der Waals surface area contributed by atoms with Gasteiger partial charge in [-0.3, -0.25) is 9.59 Å². The number of piperidine rings is 1. The number of rotatable bonds is 2. The highest BCUT2D eigenvalue weighted by atomic mass is 16.5. The SMILES string of the molecule is Cc1cc(C(=O)N2CCCC(C(N)=O)C2)no1. The van der Waals surface area contributed by atoms with E-state index >= 15 is 0 Å². The molecular weight excluding hydrogens is 222 g/mol. The summed E-state index contributed by atoms with van der Waals surface area (Å²) in [5.41, 5.74) is 5.55. The van der Waals surface area contributed by atoms with Crippen molar-refractivity contribution >= 4 is 11.8 Å². The molecular formula is C11H15N3O3. The fourth-order valence-electron chi connectivity index (χ4n) is 2.02. The molecule has 6 heteroatoms. The molecule has 17 heavy (non-hydrogen) atoms. The second-order valence-electron chi connectivity index (χ2n) is 4.32. The van der Waals surface area contributed by atoms with Gasteiger partial charge in [0.05, 0.1) is 5.92 Å². The van der Waals surface area contributed by atoms with Crippen molar-refractivity contribution in [3.63, 3.8) is 0 Å². The molecule has 1 unspecified atom stereocenters.